The van der Waals surface area contributed by atoms with Crippen LogP contribution >= 0.6 is 0 Å². The van der Waals surface area contributed by atoms with Crippen molar-refractivity contribution in [2.24, 2.45) is 0 Å². The van der Waals surface area contributed by atoms with Gasteiger partial charge in [-0.05, 0) is 63.9 Å². The molecule has 0 aliphatic carbocycles. The molecule has 20 heavy (non-hydrogen) atoms. The third-order valence-electron chi connectivity index (χ3n) is 3.85. The largest absolute Gasteiger partial charge is 0.508 e. The Hall–Kier alpha value is -1.35. The Bertz CT molecular complexity index is 425. The van der Waals surface area contributed by atoms with E-state index in [1.165, 1.54) is 32.4 Å². The first-order chi connectivity index (χ1) is 9.75. The van der Waals surface area contributed by atoms with Crippen molar-refractivity contribution < 1.29 is 9.90 Å². The topological polar surface area (TPSA) is 40.5 Å². The molecular formula is C17H24NO2. The molecule has 1 radical (unpaired) electrons. The number of nitrogens with zero attached hydrogens (tertiary/aromatic N) is 1. The number of hydrogen-bond acceptors (Lipinski definition) is 3. The molecule has 1 aliphatic rings. The molecule has 0 aromatic heterocycles. The van der Waals surface area contributed by atoms with Gasteiger partial charge >= 0.3 is 0 Å². The molecule has 0 atom stereocenters. The summed E-state index contributed by atoms with van der Waals surface area (Å²) in [5.41, 5.74) is 0.622. The van der Waals surface area contributed by atoms with Gasteiger partial charge < -0.3 is 10.0 Å². The van der Waals surface area contributed by atoms with E-state index < -0.39 is 0 Å². The van der Waals surface area contributed by atoms with Crippen molar-refractivity contribution in [2.75, 3.05) is 19.6 Å². The lowest BCUT2D eigenvalue weighted by Gasteiger charge is -2.26. The molecule has 0 amide bonds. The van der Waals surface area contributed by atoms with E-state index in [9.17, 15) is 9.90 Å². The highest BCUT2D eigenvalue weighted by Gasteiger charge is 2.10. The fraction of sp³-hybridized carbons (Fsp3) is 0.529. The summed E-state index contributed by atoms with van der Waals surface area (Å²) in [7, 11) is 0. The van der Waals surface area contributed by atoms with Crippen molar-refractivity contribution in [3.63, 3.8) is 0 Å². The van der Waals surface area contributed by atoms with Gasteiger partial charge in [0, 0.05) is 12.0 Å². The average molecular weight is 274 g/mol. The fourth-order valence-corrected chi connectivity index (χ4v) is 2.65. The van der Waals surface area contributed by atoms with Crippen molar-refractivity contribution in [3.05, 3.63) is 36.2 Å². The summed E-state index contributed by atoms with van der Waals surface area (Å²) in [5.74, 6) is 0.297. The molecule has 1 fully saturated rings. The van der Waals surface area contributed by atoms with Gasteiger partial charge in [0.2, 0.25) is 0 Å². The molecule has 109 valence electrons. The van der Waals surface area contributed by atoms with Crippen LogP contribution in [0.2, 0.25) is 0 Å². The predicted molar refractivity (Wildman–Crippen MR) is 80.9 cm³/mol. The summed E-state index contributed by atoms with van der Waals surface area (Å²) < 4.78 is 0. The number of phenols is 1. The van der Waals surface area contributed by atoms with Crippen LogP contribution in [0.4, 0.5) is 0 Å². The van der Waals surface area contributed by atoms with E-state index >= 15 is 0 Å². The van der Waals surface area contributed by atoms with Crippen LogP contribution in [0.15, 0.2) is 24.3 Å². The second kappa shape index (κ2) is 8.05. The van der Waals surface area contributed by atoms with Crippen LogP contribution in [-0.2, 0) is 0 Å². The number of likely N-dealkylation sites (tertiary alicyclic amines) is 1. The summed E-state index contributed by atoms with van der Waals surface area (Å²) in [5, 5.41) is 9.36. The predicted octanol–water partition coefficient (Wildman–Crippen LogP) is 3.44. The van der Waals surface area contributed by atoms with Crippen LogP contribution in [0.3, 0.4) is 0 Å². The van der Waals surface area contributed by atoms with Crippen molar-refractivity contribution >= 4 is 5.78 Å². The number of piperidine rings is 1. The molecule has 0 bridgehead atoms. The van der Waals surface area contributed by atoms with E-state index in [0.29, 0.717) is 12.0 Å². The van der Waals surface area contributed by atoms with Gasteiger partial charge in [-0.1, -0.05) is 18.6 Å². The zero-order valence-corrected chi connectivity index (χ0v) is 12.1. The number of rotatable bonds is 7. The Kier molecular flexibility index (Phi) is 6.06. The lowest BCUT2D eigenvalue weighted by Crippen LogP contribution is -2.30. The van der Waals surface area contributed by atoms with Crippen molar-refractivity contribution in [1.82, 2.24) is 4.90 Å². The van der Waals surface area contributed by atoms with E-state index in [1.54, 1.807) is 24.3 Å². The third-order valence-corrected chi connectivity index (χ3v) is 3.85. The first-order valence-electron chi connectivity index (χ1n) is 7.62. The van der Waals surface area contributed by atoms with Gasteiger partial charge in [0.15, 0.2) is 5.78 Å². The molecule has 0 unspecified atom stereocenters. The number of phenolic OH excluding ortho intramolecular Hbond substituents is 1. The molecule has 1 N–H and O–H groups in total. The second-order valence-electron chi connectivity index (χ2n) is 5.49. The number of carbonyl (C=O) groups is 1. The third kappa shape index (κ3) is 4.97. The Morgan fingerprint density at radius 1 is 1.15 bits per heavy atom. The SMILES string of the molecule is O=C(CCCCCN1CC[CH]CC1)c1cccc(O)c1. The highest BCUT2D eigenvalue weighted by molar-refractivity contribution is 5.96. The van der Waals surface area contributed by atoms with E-state index in [1.807, 2.05) is 0 Å². The van der Waals surface area contributed by atoms with Crippen LogP contribution in [0.1, 0.15) is 48.9 Å². The summed E-state index contributed by atoms with van der Waals surface area (Å²) in [4.78, 5) is 14.4. The maximum Gasteiger partial charge on any atom is 0.163 e. The lowest BCUT2D eigenvalue weighted by molar-refractivity contribution is 0.0978. The summed E-state index contributed by atoms with van der Waals surface area (Å²) in [6.07, 6.45) is 8.60. The molecule has 1 aromatic carbocycles. The average Bonchev–Trinajstić information content (AvgIpc) is 2.48. The lowest BCUT2D eigenvalue weighted by atomic mass is 10.0. The van der Waals surface area contributed by atoms with Crippen molar-refractivity contribution in [1.29, 1.82) is 0 Å². The Labute approximate surface area is 121 Å². The number of benzene rings is 1. The minimum Gasteiger partial charge on any atom is -0.508 e. The molecule has 1 saturated heterocycles. The maximum absolute atomic E-state index is 11.9. The van der Waals surface area contributed by atoms with Gasteiger partial charge in [0.05, 0.1) is 0 Å². The first kappa shape index (κ1) is 15.0. The monoisotopic (exact) mass is 274 g/mol. The van der Waals surface area contributed by atoms with Crippen LogP contribution in [-0.4, -0.2) is 35.4 Å². The van der Waals surface area contributed by atoms with Crippen molar-refractivity contribution in [2.45, 2.75) is 38.5 Å². The van der Waals surface area contributed by atoms with Gasteiger partial charge in [-0.15, -0.1) is 0 Å². The standard InChI is InChI=1S/C17H24NO2/c19-16-9-7-8-15(14-16)17(20)10-3-1-4-11-18-12-5-2-6-13-18/h2,7-9,14,19H,1,3-6,10-13H2. The Balaban J connectivity index is 1.59. The molecule has 1 aromatic rings. The van der Waals surface area contributed by atoms with Gasteiger partial charge in [-0.2, -0.15) is 0 Å². The summed E-state index contributed by atoms with van der Waals surface area (Å²) in [6.45, 7) is 3.55. The highest BCUT2D eigenvalue weighted by Crippen LogP contribution is 2.15. The van der Waals surface area contributed by atoms with Gasteiger partial charge in [-0.3, -0.25) is 4.79 Å². The number of hydrogen-bond donors (Lipinski definition) is 1. The van der Waals surface area contributed by atoms with E-state index in [4.69, 9.17) is 0 Å². The molecule has 1 heterocycles. The quantitative estimate of drug-likeness (QED) is 0.611. The Morgan fingerprint density at radius 3 is 2.70 bits per heavy atom. The zero-order chi connectivity index (χ0) is 14.2. The van der Waals surface area contributed by atoms with Gasteiger partial charge in [0.25, 0.3) is 0 Å². The molecule has 0 spiro atoms. The summed E-state index contributed by atoms with van der Waals surface area (Å²) in [6, 6.07) is 6.63. The van der Waals surface area contributed by atoms with Crippen LogP contribution in [0.5, 0.6) is 5.75 Å². The number of ketones is 1. The second-order valence-corrected chi connectivity index (χ2v) is 5.49. The molecule has 1 aliphatic heterocycles. The van der Waals surface area contributed by atoms with Gasteiger partial charge in [0.1, 0.15) is 5.75 Å². The molecule has 3 nitrogen and oxygen atoms in total. The molecular weight excluding hydrogens is 250 g/mol. The fourth-order valence-electron chi connectivity index (χ4n) is 2.65. The van der Waals surface area contributed by atoms with E-state index in [0.717, 1.165) is 19.4 Å². The normalized spacial score (nSPS) is 16.2. The van der Waals surface area contributed by atoms with E-state index in [-0.39, 0.29) is 11.5 Å². The number of aromatic hydroxyl groups is 1. The van der Waals surface area contributed by atoms with Crippen molar-refractivity contribution in [3.8, 4) is 5.75 Å². The van der Waals surface area contributed by atoms with Crippen LogP contribution in [0.25, 0.3) is 0 Å². The van der Waals surface area contributed by atoms with Crippen LogP contribution in [0, 0.1) is 6.42 Å². The number of unbranched alkanes of at least 4 members (excludes halogenated alkanes) is 2. The smallest absolute Gasteiger partial charge is 0.163 e. The van der Waals surface area contributed by atoms with Crippen LogP contribution < -0.4 is 0 Å². The van der Waals surface area contributed by atoms with Gasteiger partial charge in [-0.25, -0.2) is 0 Å². The molecule has 0 saturated carbocycles. The highest BCUT2D eigenvalue weighted by atomic mass is 16.3. The Morgan fingerprint density at radius 2 is 1.95 bits per heavy atom. The summed E-state index contributed by atoms with van der Waals surface area (Å²) >= 11 is 0. The van der Waals surface area contributed by atoms with E-state index in [2.05, 4.69) is 11.3 Å². The first-order valence-corrected chi connectivity index (χ1v) is 7.62. The molecule has 3 heteroatoms. The minimum absolute atomic E-state index is 0.133. The minimum atomic E-state index is 0.133. The molecule has 2 rings (SSSR count). The number of Topliss-reactive ketones (excluding diaryl/α,β-unsaturated/α-hetero) is 1. The number of carbonyl (C=O) groups excluding carboxylic acids is 1. The maximum atomic E-state index is 11.9. The zero-order valence-electron chi connectivity index (χ0n) is 12.1.